The van der Waals surface area contributed by atoms with Crippen LogP contribution in [0, 0.1) is 17.6 Å². The van der Waals surface area contributed by atoms with Gasteiger partial charge in [0.25, 0.3) is 0 Å². The molecule has 2 amide bonds. The maximum atomic E-state index is 13.4. The van der Waals surface area contributed by atoms with Gasteiger partial charge in [0.05, 0.1) is 5.69 Å². The molecule has 0 radical (unpaired) electrons. The maximum Gasteiger partial charge on any atom is 0.319 e. The number of aliphatic hydroxyl groups excluding tert-OH is 1. The van der Waals surface area contributed by atoms with Gasteiger partial charge in [0.15, 0.2) is 0 Å². The lowest BCUT2D eigenvalue weighted by atomic mass is 9.85. The highest BCUT2D eigenvalue weighted by molar-refractivity contribution is 5.89. The van der Waals surface area contributed by atoms with E-state index in [0.717, 1.165) is 31.7 Å². The summed E-state index contributed by atoms with van der Waals surface area (Å²) in [7, 11) is 0. The monoisotopic (exact) mass is 284 g/mol. The van der Waals surface area contributed by atoms with Gasteiger partial charge >= 0.3 is 6.03 Å². The number of nitrogens with one attached hydrogen (secondary N) is 2. The van der Waals surface area contributed by atoms with E-state index in [0.29, 0.717) is 6.07 Å². The van der Waals surface area contributed by atoms with Crippen molar-refractivity contribution in [2.24, 2.45) is 5.92 Å². The molecule has 1 aromatic rings. The number of benzene rings is 1. The maximum absolute atomic E-state index is 13.4. The van der Waals surface area contributed by atoms with Crippen molar-refractivity contribution in [3.8, 4) is 0 Å². The molecule has 1 saturated carbocycles. The highest BCUT2D eigenvalue weighted by atomic mass is 19.1. The number of aliphatic hydroxyl groups is 1. The minimum Gasteiger partial charge on any atom is -0.396 e. The van der Waals surface area contributed by atoms with E-state index >= 15 is 0 Å². The first-order valence-electron chi connectivity index (χ1n) is 6.73. The Balaban J connectivity index is 1.94. The summed E-state index contributed by atoms with van der Waals surface area (Å²) in [5.74, 6) is -1.48. The van der Waals surface area contributed by atoms with E-state index in [9.17, 15) is 18.7 Å². The molecular weight excluding hydrogens is 266 g/mol. The lowest BCUT2D eigenvalue weighted by Gasteiger charge is -2.30. The van der Waals surface area contributed by atoms with Crippen LogP contribution in [0.1, 0.15) is 25.7 Å². The number of carbonyl (C=O) groups excluding carboxylic acids is 1. The molecular formula is C14H18F2N2O2. The van der Waals surface area contributed by atoms with Crippen molar-refractivity contribution in [3.63, 3.8) is 0 Å². The van der Waals surface area contributed by atoms with E-state index in [1.165, 1.54) is 6.07 Å². The van der Waals surface area contributed by atoms with E-state index in [2.05, 4.69) is 10.6 Å². The first kappa shape index (κ1) is 14.7. The Kier molecular flexibility index (Phi) is 4.89. The van der Waals surface area contributed by atoms with Crippen LogP contribution in [0.4, 0.5) is 19.3 Å². The molecule has 0 bridgehead atoms. The third-order valence-electron chi connectivity index (χ3n) is 3.64. The van der Waals surface area contributed by atoms with Gasteiger partial charge in [0.2, 0.25) is 0 Å². The first-order valence-corrected chi connectivity index (χ1v) is 6.73. The van der Waals surface area contributed by atoms with Crippen molar-refractivity contribution in [2.45, 2.75) is 31.7 Å². The van der Waals surface area contributed by atoms with Gasteiger partial charge in [-0.1, -0.05) is 12.8 Å². The van der Waals surface area contributed by atoms with E-state index in [4.69, 9.17) is 0 Å². The average Bonchev–Trinajstić information content (AvgIpc) is 2.42. The number of rotatable bonds is 3. The predicted molar refractivity (Wildman–Crippen MR) is 71.3 cm³/mol. The highest BCUT2D eigenvalue weighted by Gasteiger charge is 2.25. The number of hydrogen-bond donors (Lipinski definition) is 3. The van der Waals surface area contributed by atoms with Crippen LogP contribution in [0.5, 0.6) is 0 Å². The fourth-order valence-electron chi connectivity index (χ4n) is 2.53. The zero-order valence-electron chi connectivity index (χ0n) is 11.0. The van der Waals surface area contributed by atoms with Gasteiger partial charge in [-0.05, 0) is 25.0 Å². The van der Waals surface area contributed by atoms with Crippen molar-refractivity contribution in [1.29, 1.82) is 0 Å². The second-order valence-electron chi connectivity index (χ2n) is 5.06. The topological polar surface area (TPSA) is 61.4 Å². The minimum atomic E-state index is -0.817. The Labute approximate surface area is 116 Å². The fraction of sp³-hybridized carbons (Fsp3) is 0.500. The average molecular weight is 284 g/mol. The number of halogens is 2. The lowest BCUT2D eigenvalue weighted by molar-refractivity contribution is 0.156. The third-order valence-corrected chi connectivity index (χ3v) is 3.64. The summed E-state index contributed by atoms with van der Waals surface area (Å²) in [4.78, 5) is 11.8. The largest absolute Gasteiger partial charge is 0.396 e. The second kappa shape index (κ2) is 6.65. The molecule has 6 heteroatoms. The van der Waals surface area contributed by atoms with Crippen LogP contribution in [0.3, 0.4) is 0 Å². The van der Waals surface area contributed by atoms with E-state index in [-0.39, 0.29) is 24.3 Å². The number of urea groups is 1. The van der Waals surface area contributed by atoms with Gasteiger partial charge in [0, 0.05) is 24.6 Å². The number of anilines is 1. The number of carbonyl (C=O) groups is 1. The molecule has 2 atom stereocenters. The highest BCUT2D eigenvalue weighted by Crippen LogP contribution is 2.24. The van der Waals surface area contributed by atoms with Crippen LogP contribution in [0.15, 0.2) is 18.2 Å². The van der Waals surface area contributed by atoms with Gasteiger partial charge in [0.1, 0.15) is 11.6 Å². The Morgan fingerprint density at radius 1 is 1.30 bits per heavy atom. The van der Waals surface area contributed by atoms with Crippen LogP contribution in [-0.4, -0.2) is 23.8 Å². The standard InChI is InChI=1S/C14H18F2N2O2/c15-10-5-6-13(11(16)7-10)18-14(20)17-12-4-2-1-3-9(12)8-19/h5-7,9,12,19H,1-4,8H2,(H2,17,18,20)/t9-,12+/m0/s1. The number of amides is 2. The van der Waals surface area contributed by atoms with Gasteiger partial charge in [-0.25, -0.2) is 13.6 Å². The summed E-state index contributed by atoms with van der Waals surface area (Å²) in [5, 5.41) is 14.4. The first-order chi connectivity index (χ1) is 9.60. The van der Waals surface area contributed by atoms with Crippen molar-refractivity contribution in [2.75, 3.05) is 11.9 Å². The van der Waals surface area contributed by atoms with Gasteiger partial charge in [-0.3, -0.25) is 0 Å². The summed E-state index contributed by atoms with van der Waals surface area (Å²) in [6.07, 6.45) is 3.70. The van der Waals surface area contributed by atoms with E-state index in [1.54, 1.807) is 0 Å². The Morgan fingerprint density at radius 2 is 2.05 bits per heavy atom. The SMILES string of the molecule is O=C(Nc1ccc(F)cc1F)N[C@@H]1CCCC[C@H]1CO. The van der Waals surface area contributed by atoms with E-state index < -0.39 is 17.7 Å². The smallest absolute Gasteiger partial charge is 0.319 e. The molecule has 3 N–H and O–H groups in total. The zero-order valence-corrected chi connectivity index (χ0v) is 11.0. The fourth-order valence-corrected chi connectivity index (χ4v) is 2.53. The van der Waals surface area contributed by atoms with Crippen LogP contribution in [-0.2, 0) is 0 Å². The van der Waals surface area contributed by atoms with Gasteiger partial charge in [-0.2, -0.15) is 0 Å². The van der Waals surface area contributed by atoms with Gasteiger partial charge < -0.3 is 15.7 Å². The van der Waals surface area contributed by atoms with Crippen molar-refractivity contribution < 1.29 is 18.7 Å². The van der Waals surface area contributed by atoms with Crippen LogP contribution < -0.4 is 10.6 Å². The summed E-state index contributed by atoms with van der Waals surface area (Å²) >= 11 is 0. The quantitative estimate of drug-likeness (QED) is 0.799. The predicted octanol–water partition coefficient (Wildman–Crippen LogP) is 2.64. The molecule has 0 aromatic heterocycles. The normalized spacial score (nSPS) is 22.4. The zero-order chi connectivity index (χ0) is 14.5. The molecule has 0 spiro atoms. The molecule has 2 rings (SSSR count). The lowest BCUT2D eigenvalue weighted by Crippen LogP contribution is -2.45. The molecule has 4 nitrogen and oxygen atoms in total. The minimum absolute atomic E-state index is 0.0237. The Hall–Kier alpha value is -1.69. The third kappa shape index (κ3) is 3.66. The van der Waals surface area contributed by atoms with Crippen LogP contribution in [0.25, 0.3) is 0 Å². The summed E-state index contributed by atoms with van der Waals surface area (Å²) in [6.45, 7) is 0.0237. The molecule has 0 unspecified atom stereocenters. The molecule has 1 aliphatic carbocycles. The van der Waals surface area contributed by atoms with Crippen LogP contribution in [0.2, 0.25) is 0 Å². The van der Waals surface area contributed by atoms with E-state index in [1.807, 2.05) is 0 Å². The van der Waals surface area contributed by atoms with Gasteiger partial charge in [-0.15, -0.1) is 0 Å². The van der Waals surface area contributed by atoms with Crippen molar-refractivity contribution >= 4 is 11.7 Å². The molecule has 1 fully saturated rings. The molecule has 110 valence electrons. The van der Waals surface area contributed by atoms with Crippen molar-refractivity contribution in [1.82, 2.24) is 5.32 Å². The van der Waals surface area contributed by atoms with Crippen molar-refractivity contribution in [3.05, 3.63) is 29.8 Å². The second-order valence-corrected chi connectivity index (χ2v) is 5.06. The Morgan fingerprint density at radius 3 is 2.75 bits per heavy atom. The molecule has 1 aliphatic rings. The molecule has 0 saturated heterocycles. The molecule has 20 heavy (non-hydrogen) atoms. The summed E-state index contributed by atoms with van der Waals surface area (Å²) < 4.78 is 26.2. The molecule has 0 aliphatic heterocycles. The van der Waals surface area contributed by atoms with Crippen LogP contribution >= 0.6 is 0 Å². The summed E-state index contributed by atoms with van der Waals surface area (Å²) in [5.41, 5.74) is -0.0692. The molecule has 1 aromatic carbocycles. The number of hydrogen-bond acceptors (Lipinski definition) is 2. The molecule has 0 heterocycles. The Bertz CT molecular complexity index is 482. The summed E-state index contributed by atoms with van der Waals surface area (Å²) in [6, 6.07) is 2.31.